The minimum absolute atomic E-state index is 0. The van der Waals surface area contributed by atoms with Gasteiger partial charge in [-0.2, -0.15) is 0 Å². The summed E-state index contributed by atoms with van der Waals surface area (Å²) in [5.41, 5.74) is -0.335. The van der Waals surface area contributed by atoms with E-state index in [0.717, 1.165) is 25.0 Å². The van der Waals surface area contributed by atoms with Gasteiger partial charge in [0.2, 0.25) is 5.91 Å². The third-order valence-electron chi connectivity index (χ3n) is 5.14. The van der Waals surface area contributed by atoms with Crippen LogP contribution in [0.2, 0.25) is 0 Å². The van der Waals surface area contributed by atoms with Crippen molar-refractivity contribution in [3.05, 3.63) is 0 Å². The number of hydrogen-bond donors (Lipinski definition) is 2. The highest BCUT2D eigenvalue weighted by Crippen LogP contribution is 2.19. The lowest BCUT2D eigenvalue weighted by atomic mass is 9.96. The van der Waals surface area contributed by atoms with E-state index in [4.69, 9.17) is 0 Å². The summed E-state index contributed by atoms with van der Waals surface area (Å²) >= 11 is 0. The molecule has 2 aliphatic heterocycles. The first-order valence-electron chi connectivity index (χ1n) is 9.86. The summed E-state index contributed by atoms with van der Waals surface area (Å²) in [4.78, 5) is 21.3. The van der Waals surface area contributed by atoms with Crippen LogP contribution in [0.3, 0.4) is 0 Å². The molecule has 7 heteroatoms. The summed E-state index contributed by atoms with van der Waals surface area (Å²) in [5, 5.41) is 6.36. The van der Waals surface area contributed by atoms with E-state index in [1.165, 1.54) is 45.3 Å². The number of amides is 1. The normalized spacial score (nSPS) is 22.1. The molecule has 152 valence electrons. The molecule has 2 heterocycles. The number of guanidine groups is 1. The zero-order valence-electron chi connectivity index (χ0n) is 17.0. The second-order valence-corrected chi connectivity index (χ2v) is 8.44. The van der Waals surface area contributed by atoms with Crippen molar-refractivity contribution in [3.8, 4) is 0 Å². The summed E-state index contributed by atoms with van der Waals surface area (Å²) in [7, 11) is 1.84. The highest BCUT2D eigenvalue weighted by atomic mass is 127. The van der Waals surface area contributed by atoms with Gasteiger partial charge in [-0.1, -0.05) is 27.2 Å². The average Bonchev–Trinajstić information content (AvgIpc) is 3.03. The molecule has 2 rings (SSSR count). The molecule has 0 aromatic carbocycles. The average molecular weight is 479 g/mol. The number of aliphatic imine (C=N–C) groups is 1. The zero-order chi connectivity index (χ0) is 18.3. The largest absolute Gasteiger partial charge is 0.354 e. The molecule has 1 atom stereocenters. The molecule has 2 saturated heterocycles. The molecule has 6 nitrogen and oxygen atoms in total. The number of halogens is 1. The summed E-state index contributed by atoms with van der Waals surface area (Å²) in [6, 6.07) is 0. The van der Waals surface area contributed by atoms with Crippen LogP contribution in [-0.2, 0) is 4.79 Å². The van der Waals surface area contributed by atoms with E-state index in [1.807, 2.05) is 27.8 Å². The fourth-order valence-electron chi connectivity index (χ4n) is 3.63. The number of carbonyl (C=O) groups is 1. The van der Waals surface area contributed by atoms with Crippen LogP contribution >= 0.6 is 24.0 Å². The van der Waals surface area contributed by atoms with Gasteiger partial charge in [0.15, 0.2) is 5.96 Å². The first-order valence-corrected chi connectivity index (χ1v) is 9.86. The Morgan fingerprint density at radius 3 is 2.35 bits per heavy atom. The number of rotatable bonds is 5. The Morgan fingerprint density at radius 1 is 1.08 bits per heavy atom. The maximum absolute atomic E-state index is 11.9. The van der Waals surface area contributed by atoms with Crippen LogP contribution in [-0.4, -0.2) is 74.5 Å². The van der Waals surface area contributed by atoms with Crippen LogP contribution in [0.1, 0.15) is 46.5 Å². The SMILES string of the molecule is CN=C(NCCNC(=O)C(C)(C)C)N1CCC(CN2CCCCC2)C1.I. The molecular weight excluding hydrogens is 441 g/mol. The first kappa shape index (κ1) is 23.5. The van der Waals surface area contributed by atoms with Crippen LogP contribution in [0.25, 0.3) is 0 Å². The fourth-order valence-corrected chi connectivity index (χ4v) is 3.63. The van der Waals surface area contributed by atoms with Crippen molar-refractivity contribution in [1.82, 2.24) is 20.4 Å². The molecule has 0 aromatic heterocycles. The smallest absolute Gasteiger partial charge is 0.225 e. The second-order valence-electron chi connectivity index (χ2n) is 8.44. The van der Waals surface area contributed by atoms with Gasteiger partial charge in [-0.25, -0.2) is 0 Å². The molecule has 2 aliphatic rings. The van der Waals surface area contributed by atoms with Gasteiger partial charge in [0.25, 0.3) is 0 Å². The van der Waals surface area contributed by atoms with Gasteiger partial charge >= 0.3 is 0 Å². The Balaban J connectivity index is 0.00000338. The van der Waals surface area contributed by atoms with Crippen LogP contribution in [0.4, 0.5) is 0 Å². The zero-order valence-corrected chi connectivity index (χ0v) is 19.3. The van der Waals surface area contributed by atoms with E-state index >= 15 is 0 Å². The van der Waals surface area contributed by atoms with Gasteiger partial charge in [-0.3, -0.25) is 9.79 Å². The fraction of sp³-hybridized carbons (Fsp3) is 0.895. The molecule has 0 saturated carbocycles. The van der Waals surface area contributed by atoms with E-state index in [2.05, 4.69) is 25.4 Å². The molecule has 0 spiro atoms. The van der Waals surface area contributed by atoms with Crippen molar-refractivity contribution < 1.29 is 4.79 Å². The number of likely N-dealkylation sites (tertiary alicyclic amines) is 2. The molecule has 0 bridgehead atoms. The molecular formula is C19H38IN5O. The minimum Gasteiger partial charge on any atom is -0.354 e. The maximum atomic E-state index is 11.9. The van der Waals surface area contributed by atoms with Crippen molar-refractivity contribution in [3.63, 3.8) is 0 Å². The maximum Gasteiger partial charge on any atom is 0.225 e. The van der Waals surface area contributed by atoms with Crippen LogP contribution < -0.4 is 10.6 Å². The molecule has 0 aliphatic carbocycles. The van der Waals surface area contributed by atoms with Gasteiger partial charge in [0, 0.05) is 45.2 Å². The van der Waals surface area contributed by atoms with Crippen molar-refractivity contribution in [2.45, 2.75) is 46.5 Å². The monoisotopic (exact) mass is 479 g/mol. The summed E-state index contributed by atoms with van der Waals surface area (Å²) in [5.74, 6) is 1.80. The lowest BCUT2D eigenvalue weighted by Crippen LogP contribution is -2.45. The van der Waals surface area contributed by atoms with Crippen molar-refractivity contribution in [2.24, 2.45) is 16.3 Å². The Kier molecular flexibility index (Phi) is 10.2. The molecule has 0 radical (unpaired) electrons. The molecule has 26 heavy (non-hydrogen) atoms. The number of carbonyl (C=O) groups excluding carboxylic acids is 1. The van der Waals surface area contributed by atoms with E-state index in [9.17, 15) is 4.79 Å². The van der Waals surface area contributed by atoms with Crippen molar-refractivity contribution >= 4 is 35.8 Å². The second kappa shape index (κ2) is 11.3. The number of hydrogen-bond acceptors (Lipinski definition) is 3. The Labute approximate surface area is 176 Å². The van der Waals surface area contributed by atoms with Gasteiger partial charge in [-0.05, 0) is 38.3 Å². The standard InChI is InChI=1S/C19H37N5O.HI/c1-19(2,3)17(25)21-9-10-22-18(20-4)24-13-8-16(15-24)14-23-11-6-5-7-12-23;/h16H,5-15H2,1-4H3,(H,20,22)(H,21,25);1H. The van der Waals surface area contributed by atoms with Gasteiger partial charge in [0.1, 0.15) is 0 Å². The van der Waals surface area contributed by atoms with E-state index < -0.39 is 0 Å². The van der Waals surface area contributed by atoms with Crippen LogP contribution in [0.15, 0.2) is 4.99 Å². The lowest BCUT2D eigenvalue weighted by molar-refractivity contribution is -0.128. The Hall–Kier alpha value is -0.570. The van der Waals surface area contributed by atoms with E-state index in [0.29, 0.717) is 13.1 Å². The number of piperidine rings is 1. The third kappa shape index (κ3) is 7.58. The third-order valence-corrected chi connectivity index (χ3v) is 5.14. The Bertz CT molecular complexity index is 457. The predicted molar refractivity (Wildman–Crippen MR) is 119 cm³/mol. The molecule has 0 aromatic rings. The minimum atomic E-state index is -0.335. The van der Waals surface area contributed by atoms with Gasteiger partial charge in [0.05, 0.1) is 0 Å². The topological polar surface area (TPSA) is 60.0 Å². The van der Waals surface area contributed by atoms with Crippen molar-refractivity contribution in [1.29, 1.82) is 0 Å². The Morgan fingerprint density at radius 2 is 1.73 bits per heavy atom. The summed E-state index contributed by atoms with van der Waals surface area (Å²) < 4.78 is 0. The highest BCUT2D eigenvalue weighted by Gasteiger charge is 2.27. The van der Waals surface area contributed by atoms with Gasteiger partial charge < -0.3 is 20.4 Å². The molecule has 1 unspecified atom stereocenters. The number of nitrogens with one attached hydrogen (secondary N) is 2. The quantitative estimate of drug-likeness (QED) is 0.275. The van der Waals surface area contributed by atoms with Crippen LogP contribution in [0.5, 0.6) is 0 Å². The number of nitrogens with zero attached hydrogens (tertiary/aromatic N) is 3. The summed E-state index contributed by atoms with van der Waals surface area (Å²) in [6.45, 7) is 13.1. The van der Waals surface area contributed by atoms with Crippen LogP contribution in [0, 0.1) is 11.3 Å². The molecule has 2 fully saturated rings. The van der Waals surface area contributed by atoms with Gasteiger partial charge in [-0.15, -0.1) is 24.0 Å². The lowest BCUT2D eigenvalue weighted by Gasteiger charge is -2.29. The van der Waals surface area contributed by atoms with Crippen molar-refractivity contribution in [2.75, 3.05) is 52.9 Å². The first-order chi connectivity index (χ1) is 11.9. The summed E-state index contributed by atoms with van der Waals surface area (Å²) in [6.07, 6.45) is 5.37. The highest BCUT2D eigenvalue weighted by molar-refractivity contribution is 14.0. The predicted octanol–water partition coefficient (Wildman–Crippen LogP) is 2.15. The molecule has 2 N–H and O–H groups in total. The molecule has 1 amide bonds. The van der Waals surface area contributed by atoms with E-state index in [-0.39, 0.29) is 35.3 Å². The van der Waals surface area contributed by atoms with E-state index in [1.54, 1.807) is 0 Å².